The smallest absolute Gasteiger partial charge is 0.119 e. The topological polar surface area (TPSA) is 24.5 Å². The average Bonchev–Trinajstić information content (AvgIpc) is 2.50. The lowest BCUT2D eigenvalue weighted by Gasteiger charge is -2.36. The third kappa shape index (κ3) is 4.72. The van der Waals surface area contributed by atoms with E-state index in [0.29, 0.717) is 12.1 Å². The number of benzene rings is 1. The summed E-state index contributed by atoms with van der Waals surface area (Å²) in [7, 11) is 0. The first-order chi connectivity index (χ1) is 10.2. The minimum Gasteiger partial charge on any atom is -0.494 e. The van der Waals surface area contributed by atoms with Gasteiger partial charge in [0.1, 0.15) is 5.75 Å². The maximum absolute atomic E-state index is 5.54. The van der Waals surface area contributed by atoms with Gasteiger partial charge in [0.15, 0.2) is 0 Å². The lowest BCUT2D eigenvalue weighted by molar-refractivity contribution is 0.144. The normalized spacial score (nSPS) is 21.2. The summed E-state index contributed by atoms with van der Waals surface area (Å²) >= 11 is 0. The molecule has 0 amide bonds. The Morgan fingerprint density at radius 2 is 2.00 bits per heavy atom. The fourth-order valence-electron chi connectivity index (χ4n) is 3.16. The standard InChI is InChI=1S/C18H30N2O/c1-4-19-18(14-20-13-7-6-8-15(20)3)16-9-11-17(12-10-16)21-5-2/h9-12,15,18-19H,4-8,13-14H2,1-3H3. The van der Waals surface area contributed by atoms with Crippen LogP contribution in [0.3, 0.4) is 0 Å². The summed E-state index contributed by atoms with van der Waals surface area (Å²) in [6, 6.07) is 9.69. The summed E-state index contributed by atoms with van der Waals surface area (Å²) in [5, 5.41) is 3.64. The quantitative estimate of drug-likeness (QED) is 0.830. The van der Waals surface area contributed by atoms with Gasteiger partial charge in [0.25, 0.3) is 0 Å². The van der Waals surface area contributed by atoms with Crippen LogP contribution in [-0.4, -0.2) is 37.2 Å². The van der Waals surface area contributed by atoms with Gasteiger partial charge in [-0.2, -0.15) is 0 Å². The van der Waals surface area contributed by atoms with E-state index in [4.69, 9.17) is 4.74 Å². The Labute approximate surface area is 129 Å². The number of piperidine rings is 1. The second kappa shape index (κ2) is 8.40. The molecular formula is C18H30N2O. The summed E-state index contributed by atoms with van der Waals surface area (Å²) in [5.74, 6) is 0.961. The third-order valence-corrected chi connectivity index (χ3v) is 4.40. The van der Waals surface area contributed by atoms with Crippen molar-refractivity contribution in [2.75, 3.05) is 26.2 Å². The molecule has 1 fully saturated rings. The first-order valence-corrected chi connectivity index (χ1v) is 8.44. The number of likely N-dealkylation sites (N-methyl/N-ethyl adjacent to an activating group) is 1. The van der Waals surface area contributed by atoms with E-state index in [1.165, 1.54) is 31.4 Å². The highest BCUT2D eigenvalue weighted by Gasteiger charge is 2.22. The van der Waals surface area contributed by atoms with Crippen LogP contribution < -0.4 is 10.1 Å². The van der Waals surface area contributed by atoms with Crippen molar-refractivity contribution in [3.63, 3.8) is 0 Å². The molecule has 0 bridgehead atoms. The molecule has 1 aromatic rings. The second-order valence-corrected chi connectivity index (χ2v) is 5.95. The zero-order chi connectivity index (χ0) is 15.1. The number of nitrogens with zero attached hydrogens (tertiary/aromatic N) is 1. The molecule has 1 aromatic carbocycles. The van der Waals surface area contributed by atoms with Crippen LogP contribution in [0.15, 0.2) is 24.3 Å². The van der Waals surface area contributed by atoms with E-state index >= 15 is 0 Å². The summed E-state index contributed by atoms with van der Waals surface area (Å²) in [6.07, 6.45) is 4.06. The van der Waals surface area contributed by atoms with Crippen molar-refractivity contribution in [2.45, 2.75) is 52.1 Å². The van der Waals surface area contributed by atoms with Crippen LogP contribution in [-0.2, 0) is 0 Å². The summed E-state index contributed by atoms with van der Waals surface area (Å²) in [4.78, 5) is 2.63. The van der Waals surface area contributed by atoms with Gasteiger partial charge in [-0.25, -0.2) is 0 Å². The van der Waals surface area contributed by atoms with E-state index in [1.54, 1.807) is 0 Å². The Bertz CT molecular complexity index is 404. The van der Waals surface area contributed by atoms with Crippen molar-refractivity contribution < 1.29 is 4.74 Å². The highest BCUT2D eigenvalue weighted by Crippen LogP contribution is 2.23. The van der Waals surface area contributed by atoms with Crippen LogP contribution in [0.5, 0.6) is 5.75 Å². The van der Waals surface area contributed by atoms with Crippen molar-refractivity contribution in [3.05, 3.63) is 29.8 Å². The van der Waals surface area contributed by atoms with Crippen LogP contribution in [0.4, 0.5) is 0 Å². The average molecular weight is 290 g/mol. The summed E-state index contributed by atoms with van der Waals surface area (Å²) in [5.41, 5.74) is 1.36. The third-order valence-electron chi connectivity index (χ3n) is 4.40. The van der Waals surface area contributed by atoms with Crippen LogP contribution in [0.2, 0.25) is 0 Å². The number of rotatable bonds is 7. The SMILES string of the molecule is CCNC(CN1CCCCC1C)c1ccc(OCC)cc1. The second-order valence-electron chi connectivity index (χ2n) is 5.95. The molecular weight excluding hydrogens is 260 g/mol. The van der Waals surface area contributed by atoms with Gasteiger partial charge in [-0.15, -0.1) is 0 Å². The largest absolute Gasteiger partial charge is 0.494 e. The Balaban J connectivity index is 2.03. The van der Waals surface area contributed by atoms with E-state index in [9.17, 15) is 0 Å². The molecule has 21 heavy (non-hydrogen) atoms. The van der Waals surface area contributed by atoms with E-state index in [2.05, 4.69) is 48.3 Å². The molecule has 1 N–H and O–H groups in total. The highest BCUT2D eigenvalue weighted by molar-refractivity contribution is 5.29. The molecule has 3 nitrogen and oxygen atoms in total. The maximum Gasteiger partial charge on any atom is 0.119 e. The molecule has 3 heteroatoms. The van der Waals surface area contributed by atoms with Crippen molar-refractivity contribution in [1.82, 2.24) is 10.2 Å². The fraction of sp³-hybridized carbons (Fsp3) is 0.667. The summed E-state index contributed by atoms with van der Waals surface area (Å²) < 4.78 is 5.54. The predicted octanol–water partition coefficient (Wildman–Crippen LogP) is 3.61. The zero-order valence-corrected chi connectivity index (χ0v) is 13.8. The lowest BCUT2D eigenvalue weighted by atomic mass is 10.0. The number of nitrogens with one attached hydrogen (secondary N) is 1. The van der Waals surface area contributed by atoms with Crippen molar-refractivity contribution in [2.24, 2.45) is 0 Å². The molecule has 1 aliphatic heterocycles. The molecule has 0 aliphatic carbocycles. The van der Waals surface area contributed by atoms with Gasteiger partial charge in [-0.1, -0.05) is 25.5 Å². The Hall–Kier alpha value is -1.06. The molecule has 0 saturated carbocycles. The molecule has 0 aromatic heterocycles. The van der Waals surface area contributed by atoms with Crippen molar-refractivity contribution >= 4 is 0 Å². The maximum atomic E-state index is 5.54. The number of hydrogen-bond acceptors (Lipinski definition) is 3. The van der Waals surface area contributed by atoms with Crippen LogP contribution >= 0.6 is 0 Å². The van der Waals surface area contributed by atoms with Gasteiger partial charge < -0.3 is 10.1 Å². The van der Waals surface area contributed by atoms with E-state index in [1.807, 2.05) is 6.92 Å². The molecule has 1 heterocycles. The summed E-state index contributed by atoms with van der Waals surface area (Å²) in [6.45, 7) is 10.6. The van der Waals surface area contributed by atoms with Gasteiger partial charge >= 0.3 is 0 Å². The molecule has 2 atom stereocenters. The minimum absolute atomic E-state index is 0.409. The molecule has 2 rings (SSSR count). The molecule has 1 saturated heterocycles. The van der Waals surface area contributed by atoms with Gasteiger partial charge in [0, 0.05) is 18.6 Å². The van der Waals surface area contributed by atoms with Crippen LogP contribution in [0.25, 0.3) is 0 Å². The van der Waals surface area contributed by atoms with Gasteiger partial charge in [0.05, 0.1) is 6.61 Å². The van der Waals surface area contributed by atoms with E-state index in [0.717, 1.165) is 25.4 Å². The monoisotopic (exact) mass is 290 g/mol. The molecule has 1 aliphatic rings. The van der Waals surface area contributed by atoms with Crippen molar-refractivity contribution in [1.29, 1.82) is 0 Å². The van der Waals surface area contributed by atoms with Gasteiger partial charge in [-0.3, -0.25) is 4.90 Å². The first kappa shape index (κ1) is 16.3. The zero-order valence-electron chi connectivity index (χ0n) is 13.8. The van der Waals surface area contributed by atoms with Crippen LogP contribution in [0.1, 0.15) is 51.6 Å². The number of likely N-dealkylation sites (tertiary alicyclic amines) is 1. The molecule has 0 radical (unpaired) electrons. The van der Waals surface area contributed by atoms with E-state index in [-0.39, 0.29) is 0 Å². The predicted molar refractivity (Wildman–Crippen MR) is 88.9 cm³/mol. The fourth-order valence-corrected chi connectivity index (χ4v) is 3.16. The molecule has 2 unspecified atom stereocenters. The van der Waals surface area contributed by atoms with Gasteiger partial charge in [0.2, 0.25) is 0 Å². The minimum atomic E-state index is 0.409. The molecule has 0 spiro atoms. The van der Waals surface area contributed by atoms with Crippen LogP contribution in [0, 0.1) is 0 Å². The Morgan fingerprint density at radius 3 is 2.62 bits per heavy atom. The molecule has 118 valence electrons. The lowest BCUT2D eigenvalue weighted by Crippen LogP contribution is -2.43. The Kier molecular flexibility index (Phi) is 6.52. The highest BCUT2D eigenvalue weighted by atomic mass is 16.5. The first-order valence-electron chi connectivity index (χ1n) is 8.44. The Morgan fingerprint density at radius 1 is 1.24 bits per heavy atom. The number of hydrogen-bond donors (Lipinski definition) is 1. The van der Waals surface area contributed by atoms with Crippen molar-refractivity contribution in [3.8, 4) is 5.75 Å². The van der Waals surface area contributed by atoms with E-state index < -0.39 is 0 Å². The van der Waals surface area contributed by atoms with Gasteiger partial charge in [-0.05, 0) is 57.5 Å². The number of ether oxygens (including phenoxy) is 1.